The third-order valence-electron chi connectivity index (χ3n) is 4.54. The molecular formula is C14H23NO5. The van der Waals surface area contributed by atoms with Crippen molar-refractivity contribution in [3.05, 3.63) is 0 Å². The molecule has 1 amide bonds. The van der Waals surface area contributed by atoms with Gasteiger partial charge in [0.05, 0.1) is 18.4 Å². The highest BCUT2D eigenvalue weighted by atomic mass is 16.5. The fourth-order valence-corrected chi connectivity index (χ4v) is 3.19. The van der Waals surface area contributed by atoms with Crippen LogP contribution < -0.4 is 5.32 Å². The molecule has 4 atom stereocenters. The van der Waals surface area contributed by atoms with Crippen LogP contribution in [0.1, 0.15) is 26.2 Å². The number of carbonyl (C=O) groups excluding carboxylic acids is 1. The monoisotopic (exact) mass is 285 g/mol. The van der Waals surface area contributed by atoms with E-state index in [2.05, 4.69) is 5.32 Å². The molecule has 20 heavy (non-hydrogen) atoms. The van der Waals surface area contributed by atoms with E-state index in [1.54, 1.807) is 7.11 Å². The van der Waals surface area contributed by atoms with Crippen molar-refractivity contribution < 1.29 is 24.2 Å². The summed E-state index contributed by atoms with van der Waals surface area (Å²) in [6.07, 6.45) is 1.96. The van der Waals surface area contributed by atoms with E-state index in [0.29, 0.717) is 32.6 Å². The van der Waals surface area contributed by atoms with Crippen LogP contribution >= 0.6 is 0 Å². The topological polar surface area (TPSA) is 84.9 Å². The Morgan fingerprint density at radius 1 is 1.40 bits per heavy atom. The van der Waals surface area contributed by atoms with E-state index in [1.165, 1.54) is 0 Å². The molecule has 0 radical (unpaired) electrons. The molecule has 1 heterocycles. The zero-order valence-corrected chi connectivity index (χ0v) is 12.1. The Balaban J connectivity index is 1.92. The van der Waals surface area contributed by atoms with Crippen LogP contribution in [0.25, 0.3) is 0 Å². The molecule has 0 bridgehead atoms. The third-order valence-corrected chi connectivity index (χ3v) is 4.54. The van der Waals surface area contributed by atoms with E-state index in [-0.39, 0.29) is 11.8 Å². The Morgan fingerprint density at radius 3 is 2.65 bits per heavy atom. The Bertz CT molecular complexity index is 378. The van der Waals surface area contributed by atoms with E-state index in [9.17, 15) is 14.7 Å². The fraction of sp³-hybridized carbons (Fsp3) is 0.857. The first-order chi connectivity index (χ1) is 9.47. The van der Waals surface area contributed by atoms with E-state index in [0.717, 1.165) is 6.42 Å². The third kappa shape index (κ3) is 3.12. The number of carboxylic acids is 1. The van der Waals surface area contributed by atoms with Crippen molar-refractivity contribution in [1.29, 1.82) is 0 Å². The minimum absolute atomic E-state index is 0.176. The van der Waals surface area contributed by atoms with Crippen LogP contribution in [0.4, 0.5) is 0 Å². The van der Waals surface area contributed by atoms with E-state index in [4.69, 9.17) is 9.47 Å². The predicted molar refractivity (Wildman–Crippen MR) is 71.2 cm³/mol. The number of amides is 1. The summed E-state index contributed by atoms with van der Waals surface area (Å²) >= 11 is 0. The maximum Gasteiger partial charge on any atom is 0.307 e. The highest BCUT2D eigenvalue weighted by Crippen LogP contribution is 2.36. The van der Waals surface area contributed by atoms with Crippen LogP contribution in [0.2, 0.25) is 0 Å². The summed E-state index contributed by atoms with van der Waals surface area (Å²) in [7, 11) is 1.61. The molecule has 1 aliphatic carbocycles. The van der Waals surface area contributed by atoms with Crippen LogP contribution in [-0.4, -0.2) is 49.5 Å². The summed E-state index contributed by atoms with van der Waals surface area (Å²) in [4.78, 5) is 23.5. The lowest BCUT2D eigenvalue weighted by Crippen LogP contribution is -2.47. The maximum atomic E-state index is 12.2. The van der Waals surface area contributed by atoms with E-state index in [1.807, 2.05) is 6.92 Å². The first kappa shape index (κ1) is 15.3. The maximum absolute atomic E-state index is 12.2. The molecule has 6 nitrogen and oxygen atoms in total. The number of aliphatic carboxylic acids is 1. The summed E-state index contributed by atoms with van der Waals surface area (Å²) in [5.74, 6) is -1.77. The van der Waals surface area contributed by atoms with Gasteiger partial charge in [-0.2, -0.15) is 0 Å². The minimum atomic E-state index is -0.875. The van der Waals surface area contributed by atoms with Gasteiger partial charge in [0, 0.05) is 26.7 Å². The molecule has 0 spiro atoms. The standard InChI is InChI=1S/C14H23NO5/c1-9-5-10(11(6-9)13(17)18)12(16)15-7-14(19-2)3-4-20-8-14/h9-11H,3-8H2,1-2H3,(H,15,16)(H,17,18). The van der Waals surface area contributed by atoms with Crippen LogP contribution in [0, 0.1) is 17.8 Å². The number of carbonyl (C=O) groups is 2. The van der Waals surface area contributed by atoms with Gasteiger partial charge in [-0.1, -0.05) is 6.92 Å². The van der Waals surface area contributed by atoms with Gasteiger partial charge in [-0.3, -0.25) is 9.59 Å². The normalized spacial score (nSPS) is 37.0. The molecule has 0 aromatic heterocycles. The second-order valence-electron chi connectivity index (χ2n) is 6.04. The summed E-state index contributed by atoms with van der Waals surface area (Å²) in [5, 5.41) is 12.1. The first-order valence-electron chi connectivity index (χ1n) is 7.11. The number of methoxy groups -OCH3 is 1. The Hall–Kier alpha value is -1.14. The fourth-order valence-electron chi connectivity index (χ4n) is 3.19. The molecule has 114 valence electrons. The quantitative estimate of drug-likeness (QED) is 0.775. The molecule has 1 aliphatic heterocycles. The van der Waals surface area contributed by atoms with Crippen molar-refractivity contribution in [2.75, 3.05) is 26.9 Å². The largest absolute Gasteiger partial charge is 0.481 e. The van der Waals surface area contributed by atoms with Crippen LogP contribution in [-0.2, 0) is 19.1 Å². The molecule has 2 N–H and O–H groups in total. The average molecular weight is 285 g/mol. The van der Waals surface area contributed by atoms with Gasteiger partial charge >= 0.3 is 5.97 Å². The van der Waals surface area contributed by atoms with Gasteiger partial charge in [0.1, 0.15) is 5.60 Å². The van der Waals surface area contributed by atoms with E-state index >= 15 is 0 Å². The molecule has 2 aliphatic rings. The molecule has 0 aromatic rings. The summed E-state index contributed by atoms with van der Waals surface area (Å²) in [6, 6.07) is 0. The van der Waals surface area contributed by atoms with Gasteiger partial charge in [-0.15, -0.1) is 0 Å². The second-order valence-corrected chi connectivity index (χ2v) is 6.04. The lowest BCUT2D eigenvalue weighted by atomic mass is 9.94. The van der Waals surface area contributed by atoms with Crippen LogP contribution in [0.5, 0.6) is 0 Å². The zero-order valence-electron chi connectivity index (χ0n) is 12.1. The van der Waals surface area contributed by atoms with Crippen LogP contribution in [0.3, 0.4) is 0 Å². The van der Waals surface area contributed by atoms with Crippen molar-refractivity contribution in [3.8, 4) is 0 Å². The minimum Gasteiger partial charge on any atom is -0.481 e. The van der Waals surface area contributed by atoms with Gasteiger partial charge in [-0.25, -0.2) is 0 Å². The Kier molecular flexibility index (Phi) is 4.65. The smallest absolute Gasteiger partial charge is 0.307 e. The highest BCUT2D eigenvalue weighted by Gasteiger charge is 2.42. The van der Waals surface area contributed by atoms with Crippen molar-refractivity contribution in [3.63, 3.8) is 0 Å². The number of hydrogen-bond donors (Lipinski definition) is 2. The molecular weight excluding hydrogens is 262 g/mol. The number of rotatable bonds is 5. The van der Waals surface area contributed by atoms with Crippen molar-refractivity contribution >= 4 is 11.9 Å². The zero-order chi connectivity index (χ0) is 14.8. The van der Waals surface area contributed by atoms with Gasteiger partial charge in [0.2, 0.25) is 5.91 Å². The average Bonchev–Trinajstić information content (AvgIpc) is 3.03. The molecule has 1 saturated heterocycles. The van der Waals surface area contributed by atoms with Gasteiger partial charge in [0.15, 0.2) is 0 Å². The summed E-state index contributed by atoms with van der Waals surface area (Å²) in [5.41, 5.74) is -0.460. The summed E-state index contributed by atoms with van der Waals surface area (Å²) < 4.78 is 10.8. The van der Waals surface area contributed by atoms with Crippen molar-refractivity contribution in [1.82, 2.24) is 5.32 Å². The van der Waals surface area contributed by atoms with Gasteiger partial charge in [0.25, 0.3) is 0 Å². The molecule has 2 rings (SSSR count). The number of nitrogens with one attached hydrogen (secondary N) is 1. The predicted octanol–water partition coefficient (Wildman–Crippen LogP) is 0.655. The number of carboxylic acid groups (broad SMARTS) is 1. The second kappa shape index (κ2) is 6.10. The van der Waals surface area contributed by atoms with Crippen molar-refractivity contribution in [2.45, 2.75) is 31.8 Å². The number of hydrogen-bond acceptors (Lipinski definition) is 4. The Labute approximate surface area is 118 Å². The molecule has 2 fully saturated rings. The summed E-state index contributed by atoms with van der Waals surface area (Å²) in [6.45, 7) is 3.46. The van der Waals surface area contributed by atoms with Crippen molar-refractivity contribution in [2.24, 2.45) is 17.8 Å². The molecule has 6 heteroatoms. The molecule has 1 saturated carbocycles. The van der Waals surface area contributed by atoms with Crippen LogP contribution in [0.15, 0.2) is 0 Å². The number of ether oxygens (including phenoxy) is 2. The molecule has 4 unspecified atom stereocenters. The SMILES string of the molecule is COC1(CNC(=O)C2CC(C)CC2C(=O)O)CCOC1. The lowest BCUT2D eigenvalue weighted by molar-refractivity contribution is -0.146. The van der Waals surface area contributed by atoms with Gasteiger partial charge in [-0.05, 0) is 18.8 Å². The highest BCUT2D eigenvalue weighted by molar-refractivity contribution is 5.85. The lowest BCUT2D eigenvalue weighted by Gasteiger charge is -2.27. The van der Waals surface area contributed by atoms with E-state index < -0.39 is 23.4 Å². The Morgan fingerprint density at radius 2 is 2.10 bits per heavy atom. The van der Waals surface area contributed by atoms with Gasteiger partial charge < -0.3 is 19.9 Å². The first-order valence-corrected chi connectivity index (χ1v) is 7.11. The molecule has 0 aromatic carbocycles.